The topological polar surface area (TPSA) is 46.3 Å². The number of piperidine rings is 1. The van der Waals surface area contributed by atoms with Crippen LogP contribution in [0.5, 0.6) is 0 Å². The van der Waals surface area contributed by atoms with Crippen LogP contribution in [0.3, 0.4) is 0 Å². The molecule has 0 spiro atoms. The van der Waals surface area contributed by atoms with Gasteiger partial charge in [0, 0.05) is 19.1 Å². The van der Waals surface area contributed by atoms with Gasteiger partial charge in [-0.1, -0.05) is 13.3 Å². The first-order valence-corrected chi connectivity index (χ1v) is 5.60. The number of nitrogens with zero attached hydrogens (tertiary/aromatic N) is 1. The Bertz CT molecular complexity index is 318. The molecule has 3 nitrogen and oxygen atoms in total. The summed E-state index contributed by atoms with van der Waals surface area (Å²) >= 11 is 0. The maximum atomic E-state index is 12.9. The Balaban J connectivity index is 2.80. The molecule has 1 amide bonds. The van der Waals surface area contributed by atoms with Crippen molar-refractivity contribution >= 4 is 5.91 Å². The minimum atomic E-state index is -5.86. The molecule has 0 radical (unpaired) electrons. The normalized spacial score (nSPS) is 26.3. The number of halogens is 5. The van der Waals surface area contributed by atoms with Crippen molar-refractivity contribution < 1.29 is 26.7 Å². The third-order valence-electron chi connectivity index (χ3n) is 3.23. The lowest BCUT2D eigenvalue weighted by Crippen LogP contribution is -2.57. The van der Waals surface area contributed by atoms with Crippen LogP contribution in [-0.4, -0.2) is 42.0 Å². The van der Waals surface area contributed by atoms with Crippen molar-refractivity contribution in [3.63, 3.8) is 0 Å². The maximum Gasteiger partial charge on any atom is 0.463 e. The molecule has 0 aromatic rings. The smallest absolute Gasteiger partial charge is 0.337 e. The summed E-state index contributed by atoms with van der Waals surface area (Å²) in [6.07, 6.45) is -5.09. The summed E-state index contributed by atoms with van der Waals surface area (Å²) in [7, 11) is 0. The number of carbonyl (C=O) groups is 1. The molecular weight excluding hydrogens is 259 g/mol. The molecule has 2 N–H and O–H groups in total. The summed E-state index contributed by atoms with van der Waals surface area (Å²) in [6.45, 7) is 1.44. The number of hydrogen-bond donors (Lipinski definition) is 1. The van der Waals surface area contributed by atoms with E-state index in [1.807, 2.05) is 0 Å². The molecule has 1 heterocycles. The van der Waals surface area contributed by atoms with Gasteiger partial charge in [0.1, 0.15) is 0 Å². The van der Waals surface area contributed by atoms with Crippen LogP contribution in [0.1, 0.15) is 19.8 Å². The van der Waals surface area contributed by atoms with Crippen LogP contribution in [0, 0.1) is 5.92 Å². The van der Waals surface area contributed by atoms with E-state index >= 15 is 0 Å². The fourth-order valence-electron chi connectivity index (χ4n) is 1.99. The van der Waals surface area contributed by atoms with Crippen molar-refractivity contribution in [2.24, 2.45) is 11.7 Å². The summed E-state index contributed by atoms with van der Waals surface area (Å²) in [5, 5.41) is 0. The average Bonchev–Trinajstić information content (AvgIpc) is 2.27. The number of hydrogen-bond acceptors (Lipinski definition) is 2. The second-order valence-corrected chi connectivity index (χ2v) is 4.44. The molecule has 2 atom stereocenters. The first kappa shape index (κ1) is 15.1. The highest BCUT2D eigenvalue weighted by Crippen LogP contribution is 2.37. The summed E-state index contributed by atoms with van der Waals surface area (Å²) in [5.74, 6) is -7.75. The van der Waals surface area contributed by atoms with E-state index in [2.05, 4.69) is 0 Å². The Hall–Kier alpha value is -0.920. The zero-order valence-corrected chi connectivity index (χ0v) is 9.81. The molecule has 1 saturated heterocycles. The van der Waals surface area contributed by atoms with Gasteiger partial charge in [0.15, 0.2) is 0 Å². The summed E-state index contributed by atoms with van der Waals surface area (Å²) in [5.41, 5.74) is 5.70. The number of nitrogens with two attached hydrogens (primary N) is 1. The Morgan fingerprint density at radius 1 is 1.33 bits per heavy atom. The fraction of sp³-hybridized carbons (Fsp3) is 0.900. The second-order valence-electron chi connectivity index (χ2n) is 4.44. The number of carbonyl (C=O) groups excluding carboxylic acids is 1. The number of alkyl halides is 5. The quantitative estimate of drug-likeness (QED) is 0.780. The molecule has 2 unspecified atom stereocenters. The van der Waals surface area contributed by atoms with E-state index < -0.39 is 18.0 Å². The SMILES string of the molecule is CCC1CN(C(=O)C(F)(F)C(F)(F)F)CCC1N. The van der Waals surface area contributed by atoms with E-state index in [-0.39, 0.29) is 31.5 Å². The van der Waals surface area contributed by atoms with E-state index in [1.165, 1.54) is 0 Å². The minimum absolute atomic E-state index is 0.151. The molecule has 0 aromatic heterocycles. The first-order valence-electron chi connectivity index (χ1n) is 5.60. The second kappa shape index (κ2) is 4.99. The van der Waals surface area contributed by atoms with Crippen LogP contribution in [0.4, 0.5) is 22.0 Å². The van der Waals surface area contributed by atoms with Gasteiger partial charge in [0.25, 0.3) is 0 Å². The zero-order valence-electron chi connectivity index (χ0n) is 9.81. The Kier molecular flexibility index (Phi) is 4.19. The predicted molar refractivity (Wildman–Crippen MR) is 54.0 cm³/mol. The number of likely N-dealkylation sites (tertiary alicyclic amines) is 1. The van der Waals surface area contributed by atoms with Crippen molar-refractivity contribution in [2.75, 3.05) is 13.1 Å². The van der Waals surface area contributed by atoms with Crippen molar-refractivity contribution in [3.8, 4) is 0 Å². The van der Waals surface area contributed by atoms with Crippen LogP contribution < -0.4 is 5.73 Å². The molecule has 0 bridgehead atoms. The molecule has 106 valence electrons. The van der Waals surface area contributed by atoms with Gasteiger partial charge in [0.05, 0.1) is 0 Å². The molecule has 0 aliphatic carbocycles. The first-order chi connectivity index (χ1) is 8.11. The van der Waals surface area contributed by atoms with Gasteiger partial charge in [-0.2, -0.15) is 22.0 Å². The summed E-state index contributed by atoms with van der Waals surface area (Å²) in [4.78, 5) is 11.8. The highest BCUT2D eigenvalue weighted by Gasteiger charge is 2.64. The van der Waals surface area contributed by atoms with Crippen LogP contribution in [0.25, 0.3) is 0 Å². The van der Waals surface area contributed by atoms with E-state index in [1.54, 1.807) is 6.92 Å². The van der Waals surface area contributed by atoms with Crippen LogP contribution >= 0.6 is 0 Å². The number of amides is 1. The van der Waals surface area contributed by atoms with E-state index in [0.29, 0.717) is 11.3 Å². The maximum absolute atomic E-state index is 12.9. The molecule has 1 aliphatic heterocycles. The third kappa shape index (κ3) is 2.73. The molecule has 1 fully saturated rings. The highest BCUT2D eigenvalue weighted by molar-refractivity contribution is 5.84. The standard InChI is InChI=1S/C10H15F5N2O/c1-2-6-5-17(4-3-7(6)16)8(18)9(11,12)10(13,14)15/h6-7H,2-5,16H2,1H3. The van der Waals surface area contributed by atoms with Crippen LogP contribution in [-0.2, 0) is 4.79 Å². The van der Waals surface area contributed by atoms with Crippen molar-refractivity contribution in [2.45, 2.75) is 37.9 Å². The van der Waals surface area contributed by atoms with Crippen molar-refractivity contribution in [1.29, 1.82) is 0 Å². The highest BCUT2D eigenvalue weighted by atomic mass is 19.4. The molecule has 0 saturated carbocycles. The molecule has 1 rings (SSSR count). The van der Waals surface area contributed by atoms with Crippen molar-refractivity contribution in [1.82, 2.24) is 4.90 Å². The van der Waals surface area contributed by atoms with Gasteiger partial charge in [-0.25, -0.2) is 0 Å². The lowest BCUT2D eigenvalue weighted by molar-refractivity contribution is -0.275. The Morgan fingerprint density at radius 2 is 1.89 bits per heavy atom. The predicted octanol–water partition coefficient (Wildman–Crippen LogP) is 1.77. The Labute approximate surface area is 101 Å². The van der Waals surface area contributed by atoms with Crippen molar-refractivity contribution in [3.05, 3.63) is 0 Å². The third-order valence-corrected chi connectivity index (χ3v) is 3.23. The minimum Gasteiger partial charge on any atom is -0.337 e. The molecular formula is C10H15F5N2O. The van der Waals surface area contributed by atoms with Gasteiger partial charge in [-0.05, 0) is 12.3 Å². The summed E-state index contributed by atoms with van der Waals surface area (Å²) < 4.78 is 62.0. The molecule has 1 aliphatic rings. The molecule has 18 heavy (non-hydrogen) atoms. The van der Waals surface area contributed by atoms with Gasteiger partial charge >= 0.3 is 18.0 Å². The fourth-order valence-corrected chi connectivity index (χ4v) is 1.99. The van der Waals surface area contributed by atoms with E-state index in [4.69, 9.17) is 5.73 Å². The molecule has 0 aromatic carbocycles. The molecule has 8 heteroatoms. The van der Waals surface area contributed by atoms with E-state index in [0.717, 1.165) is 0 Å². The van der Waals surface area contributed by atoms with Crippen LogP contribution in [0.2, 0.25) is 0 Å². The van der Waals surface area contributed by atoms with E-state index in [9.17, 15) is 26.7 Å². The monoisotopic (exact) mass is 274 g/mol. The van der Waals surface area contributed by atoms with Gasteiger partial charge in [-0.15, -0.1) is 0 Å². The Morgan fingerprint density at radius 3 is 2.33 bits per heavy atom. The van der Waals surface area contributed by atoms with Crippen LogP contribution in [0.15, 0.2) is 0 Å². The van der Waals surface area contributed by atoms with Gasteiger partial charge in [0.2, 0.25) is 0 Å². The number of rotatable bonds is 2. The lowest BCUT2D eigenvalue weighted by atomic mass is 9.90. The zero-order chi connectivity index (χ0) is 14.1. The lowest BCUT2D eigenvalue weighted by Gasteiger charge is -2.38. The summed E-state index contributed by atoms with van der Waals surface area (Å²) in [6, 6.07) is -0.265. The largest absolute Gasteiger partial charge is 0.463 e. The van der Waals surface area contributed by atoms with Gasteiger partial charge in [-0.3, -0.25) is 4.79 Å². The van der Waals surface area contributed by atoms with Gasteiger partial charge < -0.3 is 10.6 Å². The average molecular weight is 274 g/mol.